The SMILES string of the molecule is CCNC(=NCc1cccc(C(N)=O)c1)NC1CCN(c2ccccc2)C1.I. The Labute approximate surface area is 183 Å². The van der Waals surface area contributed by atoms with E-state index in [0.29, 0.717) is 18.2 Å². The number of hydrogen-bond acceptors (Lipinski definition) is 3. The van der Waals surface area contributed by atoms with E-state index < -0.39 is 5.91 Å². The molecule has 28 heavy (non-hydrogen) atoms. The van der Waals surface area contributed by atoms with Crippen LogP contribution in [0.25, 0.3) is 0 Å². The van der Waals surface area contributed by atoms with Gasteiger partial charge in [0.15, 0.2) is 5.96 Å². The number of carbonyl (C=O) groups is 1. The number of guanidine groups is 1. The lowest BCUT2D eigenvalue weighted by atomic mass is 10.1. The van der Waals surface area contributed by atoms with Gasteiger partial charge < -0.3 is 21.3 Å². The van der Waals surface area contributed by atoms with Gasteiger partial charge in [-0.05, 0) is 43.2 Å². The van der Waals surface area contributed by atoms with Gasteiger partial charge in [0.1, 0.15) is 0 Å². The lowest BCUT2D eigenvalue weighted by Gasteiger charge is -2.20. The molecule has 1 atom stereocenters. The van der Waals surface area contributed by atoms with Crippen LogP contribution < -0.4 is 21.3 Å². The van der Waals surface area contributed by atoms with E-state index in [0.717, 1.165) is 37.6 Å². The molecular weight excluding hydrogens is 465 g/mol. The minimum atomic E-state index is -0.419. The third-order valence-electron chi connectivity index (χ3n) is 4.63. The summed E-state index contributed by atoms with van der Waals surface area (Å²) in [5.74, 6) is 0.375. The molecule has 3 rings (SSSR count). The van der Waals surface area contributed by atoms with Gasteiger partial charge in [-0.15, -0.1) is 24.0 Å². The zero-order valence-corrected chi connectivity index (χ0v) is 18.4. The highest BCUT2D eigenvalue weighted by Gasteiger charge is 2.23. The van der Waals surface area contributed by atoms with Gasteiger partial charge in [0.25, 0.3) is 0 Å². The molecule has 1 aliphatic heterocycles. The fourth-order valence-corrected chi connectivity index (χ4v) is 3.26. The van der Waals surface area contributed by atoms with Crippen LogP contribution in [-0.4, -0.2) is 37.5 Å². The number of hydrogen-bond donors (Lipinski definition) is 3. The number of primary amides is 1. The molecule has 2 aromatic rings. The van der Waals surface area contributed by atoms with Crippen LogP contribution in [0, 0.1) is 0 Å². The first kappa shape index (κ1) is 22.0. The number of aliphatic imine (C=N–C) groups is 1. The Morgan fingerprint density at radius 3 is 2.71 bits per heavy atom. The standard InChI is InChI=1S/C21H27N5O.HI/c1-2-23-21(24-14-16-7-6-8-17(13-16)20(22)27)25-18-11-12-26(15-18)19-9-4-3-5-10-19;/h3-10,13,18H,2,11-12,14-15H2,1H3,(H2,22,27)(H2,23,24,25);1H. The van der Waals surface area contributed by atoms with Crippen LogP contribution in [0.15, 0.2) is 59.6 Å². The van der Waals surface area contributed by atoms with Crippen molar-refractivity contribution in [1.82, 2.24) is 10.6 Å². The van der Waals surface area contributed by atoms with Crippen molar-refractivity contribution in [3.8, 4) is 0 Å². The number of nitrogens with zero attached hydrogens (tertiary/aromatic N) is 2. The number of nitrogens with two attached hydrogens (primary N) is 1. The van der Waals surface area contributed by atoms with Gasteiger partial charge >= 0.3 is 0 Å². The van der Waals surface area contributed by atoms with Crippen molar-refractivity contribution in [3.05, 3.63) is 65.7 Å². The fraction of sp³-hybridized carbons (Fsp3) is 0.333. The molecule has 7 heteroatoms. The van der Waals surface area contributed by atoms with Gasteiger partial charge in [-0.25, -0.2) is 4.99 Å². The van der Waals surface area contributed by atoms with Gasteiger partial charge in [0.2, 0.25) is 5.91 Å². The fourth-order valence-electron chi connectivity index (χ4n) is 3.26. The number of anilines is 1. The summed E-state index contributed by atoms with van der Waals surface area (Å²) in [5, 5.41) is 6.83. The highest BCUT2D eigenvalue weighted by molar-refractivity contribution is 14.0. The number of amides is 1. The van der Waals surface area contributed by atoms with Gasteiger partial charge in [-0.2, -0.15) is 0 Å². The van der Waals surface area contributed by atoms with Crippen LogP contribution in [0.2, 0.25) is 0 Å². The zero-order valence-electron chi connectivity index (χ0n) is 16.1. The molecule has 2 aromatic carbocycles. The molecule has 0 bridgehead atoms. The van der Waals surface area contributed by atoms with Crippen LogP contribution >= 0.6 is 24.0 Å². The minimum Gasteiger partial charge on any atom is -0.369 e. The summed E-state index contributed by atoms with van der Waals surface area (Å²) in [6.45, 7) is 5.32. The van der Waals surface area contributed by atoms with E-state index in [1.807, 2.05) is 18.2 Å². The Morgan fingerprint density at radius 2 is 2.00 bits per heavy atom. The van der Waals surface area contributed by atoms with Crippen molar-refractivity contribution in [2.45, 2.75) is 25.9 Å². The molecule has 0 aliphatic carbocycles. The number of carbonyl (C=O) groups excluding carboxylic acids is 1. The van der Waals surface area contributed by atoms with Crippen LogP contribution in [-0.2, 0) is 6.54 Å². The van der Waals surface area contributed by atoms with Crippen molar-refractivity contribution < 1.29 is 4.79 Å². The second-order valence-corrected chi connectivity index (χ2v) is 6.67. The van der Waals surface area contributed by atoms with Crippen LogP contribution in [0.3, 0.4) is 0 Å². The minimum absolute atomic E-state index is 0. The average molecular weight is 493 g/mol. The van der Waals surface area contributed by atoms with E-state index in [-0.39, 0.29) is 24.0 Å². The average Bonchev–Trinajstić information content (AvgIpc) is 3.16. The Bertz CT molecular complexity index is 796. The Balaban J connectivity index is 0.00000280. The molecule has 1 saturated heterocycles. The Hall–Kier alpha value is -2.29. The zero-order chi connectivity index (χ0) is 19.1. The van der Waals surface area contributed by atoms with Crippen molar-refractivity contribution in [1.29, 1.82) is 0 Å². The van der Waals surface area contributed by atoms with Gasteiger partial charge in [-0.3, -0.25) is 4.79 Å². The molecule has 0 spiro atoms. The predicted octanol–water partition coefficient (Wildman–Crippen LogP) is 2.74. The highest BCUT2D eigenvalue weighted by atomic mass is 127. The molecule has 4 N–H and O–H groups in total. The first-order chi connectivity index (χ1) is 13.2. The smallest absolute Gasteiger partial charge is 0.248 e. The molecule has 6 nitrogen and oxygen atoms in total. The van der Waals surface area contributed by atoms with E-state index in [2.05, 4.69) is 51.7 Å². The van der Waals surface area contributed by atoms with E-state index in [1.165, 1.54) is 5.69 Å². The molecule has 1 heterocycles. The third kappa shape index (κ3) is 6.12. The van der Waals surface area contributed by atoms with Crippen molar-refractivity contribution in [3.63, 3.8) is 0 Å². The second-order valence-electron chi connectivity index (χ2n) is 6.67. The largest absolute Gasteiger partial charge is 0.369 e. The van der Waals surface area contributed by atoms with E-state index in [1.54, 1.807) is 12.1 Å². The van der Waals surface area contributed by atoms with Gasteiger partial charge in [-0.1, -0.05) is 30.3 Å². The van der Waals surface area contributed by atoms with E-state index in [9.17, 15) is 4.79 Å². The quantitative estimate of drug-likeness (QED) is 0.329. The number of halogens is 1. The van der Waals surface area contributed by atoms with E-state index >= 15 is 0 Å². The summed E-state index contributed by atoms with van der Waals surface area (Å²) < 4.78 is 0. The summed E-state index contributed by atoms with van der Waals surface area (Å²) in [5.41, 5.74) is 8.08. The molecule has 150 valence electrons. The summed E-state index contributed by atoms with van der Waals surface area (Å²) in [6, 6.07) is 18.1. The van der Waals surface area contributed by atoms with Gasteiger partial charge in [0, 0.05) is 36.9 Å². The highest BCUT2D eigenvalue weighted by Crippen LogP contribution is 2.19. The topological polar surface area (TPSA) is 82.7 Å². The monoisotopic (exact) mass is 493 g/mol. The molecule has 0 saturated carbocycles. The summed E-state index contributed by atoms with van der Waals surface area (Å²) in [7, 11) is 0. The molecule has 1 unspecified atom stereocenters. The Morgan fingerprint density at radius 1 is 1.21 bits per heavy atom. The van der Waals surface area contributed by atoms with Crippen LogP contribution in [0.5, 0.6) is 0 Å². The van der Waals surface area contributed by atoms with Crippen molar-refractivity contribution in [2.75, 3.05) is 24.5 Å². The maximum atomic E-state index is 11.3. The number of rotatable bonds is 6. The van der Waals surface area contributed by atoms with Crippen LogP contribution in [0.1, 0.15) is 29.3 Å². The predicted molar refractivity (Wildman–Crippen MR) is 125 cm³/mol. The van der Waals surface area contributed by atoms with Gasteiger partial charge in [0.05, 0.1) is 6.54 Å². The molecule has 0 aromatic heterocycles. The molecular formula is C21H28IN5O. The van der Waals surface area contributed by atoms with E-state index in [4.69, 9.17) is 5.73 Å². The summed E-state index contributed by atoms with van der Waals surface area (Å²) in [6.07, 6.45) is 1.07. The number of para-hydroxylation sites is 1. The molecule has 1 amide bonds. The lowest BCUT2D eigenvalue weighted by Crippen LogP contribution is -2.44. The molecule has 1 aliphatic rings. The van der Waals surface area contributed by atoms with Crippen molar-refractivity contribution in [2.24, 2.45) is 10.7 Å². The summed E-state index contributed by atoms with van der Waals surface area (Å²) >= 11 is 0. The first-order valence-electron chi connectivity index (χ1n) is 9.39. The lowest BCUT2D eigenvalue weighted by molar-refractivity contribution is 0.1000. The van der Waals surface area contributed by atoms with Crippen LogP contribution in [0.4, 0.5) is 5.69 Å². The second kappa shape index (κ2) is 10.9. The Kier molecular flexibility index (Phi) is 8.56. The molecule has 0 radical (unpaired) electrons. The first-order valence-corrected chi connectivity index (χ1v) is 9.39. The maximum Gasteiger partial charge on any atom is 0.248 e. The third-order valence-corrected chi connectivity index (χ3v) is 4.63. The number of nitrogens with one attached hydrogen (secondary N) is 2. The number of benzene rings is 2. The summed E-state index contributed by atoms with van der Waals surface area (Å²) in [4.78, 5) is 18.4. The maximum absolute atomic E-state index is 11.3. The van der Waals surface area contributed by atoms with Crippen molar-refractivity contribution >= 4 is 41.5 Å². The normalized spacial score (nSPS) is 16.4. The molecule has 1 fully saturated rings.